The van der Waals surface area contributed by atoms with Crippen molar-refractivity contribution in [3.8, 4) is 0 Å². The van der Waals surface area contributed by atoms with Crippen LogP contribution < -0.4 is 10.6 Å². The van der Waals surface area contributed by atoms with Gasteiger partial charge in [-0.25, -0.2) is 12.7 Å². The molecule has 1 aromatic rings. The minimum atomic E-state index is -3.59. The fraction of sp³-hybridized carbons (Fsp3) is 0.769. The van der Waals surface area contributed by atoms with Crippen LogP contribution in [0.2, 0.25) is 0 Å². The number of nitrogens with zero attached hydrogens (tertiary/aromatic N) is 3. The first-order chi connectivity index (χ1) is 9.66. The number of nitrogens with two attached hydrogens (primary N) is 1. The lowest BCUT2D eigenvalue weighted by Crippen LogP contribution is -2.46. The van der Waals surface area contributed by atoms with E-state index in [1.165, 1.54) is 29.9 Å². The Balaban J connectivity index is 2.51. The zero-order chi connectivity index (χ0) is 15.9. The van der Waals surface area contributed by atoms with E-state index in [4.69, 9.17) is 5.73 Å². The molecule has 0 radical (unpaired) electrons. The van der Waals surface area contributed by atoms with Crippen LogP contribution in [0.3, 0.4) is 0 Å². The lowest BCUT2D eigenvalue weighted by Gasteiger charge is -2.42. The Hall–Kier alpha value is -0.860. The van der Waals surface area contributed by atoms with Gasteiger partial charge in [-0.3, -0.25) is 0 Å². The van der Waals surface area contributed by atoms with E-state index in [9.17, 15) is 8.42 Å². The molecule has 2 N–H and O–H groups in total. The summed E-state index contributed by atoms with van der Waals surface area (Å²) in [5, 5.41) is 0.673. The highest BCUT2D eigenvalue weighted by Gasteiger charge is 2.36. The molecule has 0 saturated carbocycles. The van der Waals surface area contributed by atoms with Gasteiger partial charge in [-0.05, 0) is 36.7 Å². The lowest BCUT2D eigenvalue weighted by atomic mass is 9.86. The van der Waals surface area contributed by atoms with Crippen LogP contribution in [-0.2, 0) is 10.0 Å². The number of piperidine rings is 1. The SMILES string of the molecule is CC1CC(C)C(C)N(c2snc(N)c2S(=O)(=O)N(C)C)C1. The fourth-order valence-electron chi connectivity index (χ4n) is 2.88. The Bertz CT molecular complexity index is 612. The average molecular weight is 332 g/mol. The van der Waals surface area contributed by atoms with Crippen molar-refractivity contribution < 1.29 is 8.42 Å². The van der Waals surface area contributed by atoms with Crippen LogP contribution >= 0.6 is 11.5 Å². The largest absolute Gasteiger partial charge is 0.382 e. The molecule has 1 aliphatic heterocycles. The molecule has 0 aromatic carbocycles. The first kappa shape index (κ1) is 16.5. The van der Waals surface area contributed by atoms with E-state index in [0.29, 0.717) is 16.8 Å². The van der Waals surface area contributed by atoms with E-state index in [1.807, 2.05) is 0 Å². The Labute approximate surface area is 131 Å². The number of rotatable bonds is 3. The maximum absolute atomic E-state index is 12.5. The molecular weight excluding hydrogens is 308 g/mol. The van der Waals surface area contributed by atoms with Gasteiger partial charge in [0.25, 0.3) is 0 Å². The van der Waals surface area contributed by atoms with E-state index >= 15 is 0 Å². The molecule has 2 rings (SSSR count). The monoisotopic (exact) mass is 332 g/mol. The molecule has 8 heteroatoms. The van der Waals surface area contributed by atoms with Crippen LogP contribution in [0, 0.1) is 11.8 Å². The van der Waals surface area contributed by atoms with Crippen molar-refractivity contribution >= 4 is 32.4 Å². The van der Waals surface area contributed by atoms with Crippen molar-refractivity contribution in [2.45, 2.75) is 38.1 Å². The molecule has 120 valence electrons. The van der Waals surface area contributed by atoms with Crippen molar-refractivity contribution in [2.75, 3.05) is 31.3 Å². The summed E-state index contributed by atoms with van der Waals surface area (Å²) in [5.41, 5.74) is 5.85. The summed E-state index contributed by atoms with van der Waals surface area (Å²) in [4.78, 5) is 2.31. The Morgan fingerprint density at radius 1 is 1.33 bits per heavy atom. The molecule has 1 aromatic heterocycles. The molecule has 1 aliphatic rings. The van der Waals surface area contributed by atoms with Crippen molar-refractivity contribution in [1.29, 1.82) is 0 Å². The molecule has 3 unspecified atom stereocenters. The first-order valence-electron chi connectivity index (χ1n) is 7.10. The molecule has 1 saturated heterocycles. The van der Waals surface area contributed by atoms with E-state index in [1.54, 1.807) is 0 Å². The van der Waals surface area contributed by atoms with Gasteiger partial charge in [0, 0.05) is 26.7 Å². The van der Waals surface area contributed by atoms with Gasteiger partial charge in [-0.1, -0.05) is 13.8 Å². The summed E-state index contributed by atoms with van der Waals surface area (Å²) in [6, 6.07) is 0.275. The van der Waals surface area contributed by atoms with Gasteiger partial charge in [0.1, 0.15) is 5.00 Å². The van der Waals surface area contributed by atoms with Crippen LogP contribution in [0.15, 0.2) is 4.90 Å². The highest BCUT2D eigenvalue weighted by Crippen LogP contribution is 2.40. The third kappa shape index (κ3) is 2.89. The molecule has 2 heterocycles. The minimum Gasteiger partial charge on any atom is -0.382 e. The van der Waals surface area contributed by atoms with Crippen LogP contribution in [-0.4, -0.2) is 43.8 Å². The Kier molecular flexibility index (Phi) is 4.51. The maximum atomic E-state index is 12.5. The number of sulfonamides is 1. The molecule has 6 nitrogen and oxygen atoms in total. The van der Waals surface area contributed by atoms with Crippen LogP contribution in [0.1, 0.15) is 27.2 Å². The lowest BCUT2D eigenvalue weighted by molar-refractivity contribution is 0.297. The summed E-state index contributed by atoms with van der Waals surface area (Å²) in [5.74, 6) is 1.13. The molecule has 0 spiro atoms. The molecule has 0 bridgehead atoms. The standard InChI is InChI=1S/C13H24N4O2S2/c1-8-6-9(2)10(3)17(7-8)13-11(12(14)15-20-13)21(18,19)16(4)5/h8-10H,6-7H2,1-5H3,(H2,14,15). The second-order valence-electron chi connectivity index (χ2n) is 6.20. The number of hydrogen-bond donors (Lipinski definition) is 1. The van der Waals surface area contributed by atoms with E-state index in [-0.39, 0.29) is 16.8 Å². The molecule has 1 fully saturated rings. The minimum absolute atomic E-state index is 0.0989. The predicted octanol–water partition coefficient (Wildman–Crippen LogP) is 1.85. The van der Waals surface area contributed by atoms with Crippen LogP contribution in [0.4, 0.5) is 10.8 Å². The van der Waals surface area contributed by atoms with Crippen LogP contribution in [0.5, 0.6) is 0 Å². The molecule has 0 aliphatic carbocycles. The van der Waals surface area contributed by atoms with E-state index in [0.717, 1.165) is 13.0 Å². The highest BCUT2D eigenvalue weighted by molar-refractivity contribution is 7.89. The third-order valence-corrected chi connectivity index (χ3v) is 7.16. The van der Waals surface area contributed by atoms with Crippen molar-refractivity contribution in [3.63, 3.8) is 0 Å². The van der Waals surface area contributed by atoms with Crippen LogP contribution in [0.25, 0.3) is 0 Å². The predicted molar refractivity (Wildman–Crippen MR) is 87.2 cm³/mol. The van der Waals surface area contributed by atoms with Crippen molar-refractivity contribution in [1.82, 2.24) is 8.68 Å². The quantitative estimate of drug-likeness (QED) is 0.914. The van der Waals surface area contributed by atoms with Gasteiger partial charge in [-0.15, -0.1) is 0 Å². The average Bonchev–Trinajstić information content (AvgIpc) is 2.76. The van der Waals surface area contributed by atoms with Gasteiger partial charge in [0.2, 0.25) is 10.0 Å². The van der Waals surface area contributed by atoms with Gasteiger partial charge in [0.15, 0.2) is 10.7 Å². The summed E-state index contributed by atoms with van der Waals surface area (Å²) >= 11 is 1.18. The molecular formula is C13H24N4O2S2. The summed E-state index contributed by atoms with van der Waals surface area (Å²) < 4.78 is 30.4. The number of hydrogen-bond acceptors (Lipinski definition) is 6. The fourth-order valence-corrected chi connectivity index (χ4v) is 5.18. The smallest absolute Gasteiger partial charge is 0.249 e. The van der Waals surface area contributed by atoms with Gasteiger partial charge in [-0.2, -0.15) is 4.37 Å². The summed E-state index contributed by atoms with van der Waals surface area (Å²) in [6.45, 7) is 7.37. The second kappa shape index (κ2) is 5.73. The Morgan fingerprint density at radius 2 is 1.95 bits per heavy atom. The van der Waals surface area contributed by atoms with Gasteiger partial charge < -0.3 is 10.6 Å². The topological polar surface area (TPSA) is 79.5 Å². The number of anilines is 2. The summed E-state index contributed by atoms with van der Waals surface area (Å²) in [7, 11) is -0.558. The number of aromatic nitrogens is 1. The van der Waals surface area contributed by atoms with E-state index < -0.39 is 10.0 Å². The molecule has 3 atom stereocenters. The molecule has 0 amide bonds. The van der Waals surface area contributed by atoms with E-state index in [2.05, 4.69) is 30.0 Å². The zero-order valence-electron chi connectivity index (χ0n) is 13.2. The van der Waals surface area contributed by atoms with Crippen molar-refractivity contribution in [2.24, 2.45) is 11.8 Å². The normalized spacial score (nSPS) is 27.3. The van der Waals surface area contributed by atoms with Gasteiger partial charge in [0.05, 0.1) is 0 Å². The molecule has 21 heavy (non-hydrogen) atoms. The number of nitrogen functional groups attached to an aromatic ring is 1. The second-order valence-corrected chi connectivity index (χ2v) is 9.04. The zero-order valence-corrected chi connectivity index (χ0v) is 14.8. The maximum Gasteiger partial charge on any atom is 0.249 e. The summed E-state index contributed by atoms with van der Waals surface area (Å²) in [6.07, 6.45) is 1.15. The Morgan fingerprint density at radius 3 is 2.52 bits per heavy atom. The first-order valence-corrected chi connectivity index (χ1v) is 9.32. The van der Waals surface area contributed by atoms with Gasteiger partial charge >= 0.3 is 0 Å². The third-order valence-electron chi connectivity index (χ3n) is 4.25. The van der Waals surface area contributed by atoms with Crippen molar-refractivity contribution in [3.05, 3.63) is 0 Å². The highest BCUT2D eigenvalue weighted by atomic mass is 32.2.